The molecule has 25 heavy (non-hydrogen) atoms. The van der Waals surface area contributed by atoms with Gasteiger partial charge < -0.3 is 14.8 Å². The second kappa shape index (κ2) is 7.21. The van der Waals surface area contributed by atoms with Gasteiger partial charge in [0.05, 0.1) is 17.6 Å². The zero-order valence-electron chi connectivity index (χ0n) is 13.7. The molecule has 0 spiro atoms. The van der Waals surface area contributed by atoms with E-state index in [1.807, 2.05) is 24.3 Å². The number of carbonyl (C=O) groups excluding carboxylic acids is 1. The van der Waals surface area contributed by atoms with Crippen LogP contribution in [0, 0.1) is 17.0 Å². The number of nitro benzene ring substituents is 1. The minimum absolute atomic E-state index is 0.0237. The largest absolute Gasteiger partial charge is 0.493 e. The molecule has 1 aliphatic rings. The van der Waals surface area contributed by atoms with Gasteiger partial charge in [0.15, 0.2) is 6.61 Å². The summed E-state index contributed by atoms with van der Waals surface area (Å²) < 4.78 is 11.0. The first-order chi connectivity index (χ1) is 12.0. The van der Waals surface area contributed by atoms with Crippen LogP contribution in [-0.4, -0.2) is 24.0 Å². The zero-order chi connectivity index (χ0) is 17.8. The molecular formula is C18H18N2O5. The van der Waals surface area contributed by atoms with E-state index in [-0.39, 0.29) is 24.2 Å². The minimum atomic E-state index is -0.450. The molecule has 0 radical (unpaired) electrons. The van der Waals surface area contributed by atoms with Crippen molar-refractivity contribution in [1.29, 1.82) is 0 Å². The standard InChI is InChI=1S/C18H18N2O5/c1-12-10-13(6-7-16(12)20(22)23)25-11-18(21)19-15-8-9-24-17-5-3-2-4-14(15)17/h2-7,10,15H,8-9,11H2,1H3,(H,19,21)/t15-/m0/s1. The molecule has 0 saturated heterocycles. The number of para-hydroxylation sites is 1. The first-order valence-electron chi connectivity index (χ1n) is 7.93. The summed E-state index contributed by atoms with van der Waals surface area (Å²) in [4.78, 5) is 22.5. The molecule has 0 unspecified atom stereocenters. The summed E-state index contributed by atoms with van der Waals surface area (Å²) >= 11 is 0. The van der Waals surface area contributed by atoms with Crippen LogP contribution in [0.2, 0.25) is 0 Å². The molecule has 7 nitrogen and oxygen atoms in total. The maximum Gasteiger partial charge on any atom is 0.272 e. The van der Waals surface area contributed by atoms with Gasteiger partial charge in [-0.3, -0.25) is 14.9 Å². The van der Waals surface area contributed by atoms with E-state index in [0.29, 0.717) is 24.3 Å². The van der Waals surface area contributed by atoms with Crippen molar-refractivity contribution in [2.75, 3.05) is 13.2 Å². The summed E-state index contributed by atoms with van der Waals surface area (Å²) in [6.45, 7) is 2.02. The number of carbonyl (C=O) groups is 1. The second-order valence-corrected chi connectivity index (χ2v) is 5.79. The highest BCUT2D eigenvalue weighted by atomic mass is 16.6. The zero-order valence-corrected chi connectivity index (χ0v) is 13.7. The number of rotatable bonds is 5. The molecule has 7 heteroatoms. The number of fused-ring (bicyclic) bond motifs is 1. The summed E-state index contributed by atoms with van der Waals surface area (Å²) in [6, 6.07) is 11.9. The first kappa shape index (κ1) is 16.8. The van der Waals surface area contributed by atoms with Crippen LogP contribution in [0.15, 0.2) is 42.5 Å². The third kappa shape index (κ3) is 3.88. The van der Waals surface area contributed by atoms with E-state index in [4.69, 9.17) is 9.47 Å². The molecule has 0 aromatic heterocycles. The van der Waals surface area contributed by atoms with Gasteiger partial charge in [-0.25, -0.2) is 0 Å². The number of aryl methyl sites for hydroxylation is 1. The molecule has 1 heterocycles. The molecule has 130 valence electrons. The van der Waals surface area contributed by atoms with Crippen molar-refractivity contribution in [2.45, 2.75) is 19.4 Å². The summed E-state index contributed by atoms with van der Waals surface area (Å²) in [5.41, 5.74) is 1.46. The Balaban J connectivity index is 1.59. The third-order valence-corrected chi connectivity index (χ3v) is 4.03. The number of nitro groups is 1. The molecule has 3 rings (SSSR count). The van der Waals surface area contributed by atoms with E-state index in [2.05, 4.69) is 5.32 Å². The van der Waals surface area contributed by atoms with E-state index in [9.17, 15) is 14.9 Å². The molecule has 0 saturated carbocycles. The molecule has 0 fully saturated rings. The van der Waals surface area contributed by atoms with Crippen molar-refractivity contribution in [3.63, 3.8) is 0 Å². The Kier molecular flexibility index (Phi) is 4.83. The van der Waals surface area contributed by atoms with E-state index in [1.54, 1.807) is 13.0 Å². The minimum Gasteiger partial charge on any atom is -0.493 e. The molecule has 0 aliphatic carbocycles. The van der Waals surface area contributed by atoms with Crippen molar-refractivity contribution in [3.05, 3.63) is 63.7 Å². The lowest BCUT2D eigenvalue weighted by Gasteiger charge is -2.26. The highest BCUT2D eigenvalue weighted by Gasteiger charge is 2.22. The average molecular weight is 342 g/mol. The molecule has 0 bridgehead atoms. The fraction of sp³-hybridized carbons (Fsp3) is 0.278. The van der Waals surface area contributed by atoms with Crippen LogP contribution in [0.5, 0.6) is 11.5 Å². The summed E-state index contributed by atoms with van der Waals surface area (Å²) in [7, 11) is 0. The number of nitrogens with zero attached hydrogens (tertiary/aromatic N) is 1. The quantitative estimate of drug-likeness (QED) is 0.666. The van der Waals surface area contributed by atoms with Gasteiger partial charge in [-0.2, -0.15) is 0 Å². The van der Waals surface area contributed by atoms with Crippen LogP contribution in [0.1, 0.15) is 23.6 Å². The van der Waals surface area contributed by atoms with Crippen LogP contribution < -0.4 is 14.8 Å². The second-order valence-electron chi connectivity index (χ2n) is 5.79. The molecule has 1 aliphatic heterocycles. The Bertz CT molecular complexity index is 806. The maximum absolute atomic E-state index is 12.2. The van der Waals surface area contributed by atoms with Gasteiger partial charge in [0.1, 0.15) is 11.5 Å². The van der Waals surface area contributed by atoms with Gasteiger partial charge in [-0.1, -0.05) is 18.2 Å². The van der Waals surface area contributed by atoms with Gasteiger partial charge in [0.25, 0.3) is 11.6 Å². The van der Waals surface area contributed by atoms with Crippen molar-refractivity contribution < 1.29 is 19.2 Å². The van der Waals surface area contributed by atoms with Crippen molar-refractivity contribution in [1.82, 2.24) is 5.32 Å². The van der Waals surface area contributed by atoms with E-state index in [1.165, 1.54) is 12.1 Å². The topological polar surface area (TPSA) is 90.7 Å². The molecule has 1 N–H and O–H groups in total. The highest BCUT2D eigenvalue weighted by molar-refractivity contribution is 5.78. The lowest BCUT2D eigenvalue weighted by atomic mass is 10.0. The summed E-state index contributed by atoms with van der Waals surface area (Å²) in [5, 5.41) is 13.7. The smallest absolute Gasteiger partial charge is 0.272 e. The Morgan fingerprint density at radius 3 is 2.92 bits per heavy atom. The van der Waals surface area contributed by atoms with Crippen molar-refractivity contribution in [2.24, 2.45) is 0 Å². The Labute approximate surface area is 144 Å². The number of nitrogens with one attached hydrogen (secondary N) is 1. The van der Waals surface area contributed by atoms with Crippen molar-refractivity contribution in [3.8, 4) is 11.5 Å². The monoisotopic (exact) mass is 342 g/mol. The van der Waals surface area contributed by atoms with Crippen LogP contribution in [0.4, 0.5) is 5.69 Å². The number of hydrogen-bond acceptors (Lipinski definition) is 5. The lowest BCUT2D eigenvalue weighted by molar-refractivity contribution is -0.385. The maximum atomic E-state index is 12.2. The number of amides is 1. The van der Waals surface area contributed by atoms with Gasteiger partial charge in [0.2, 0.25) is 0 Å². The lowest BCUT2D eigenvalue weighted by Crippen LogP contribution is -2.35. The van der Waals surface area contributed by atoms with Crippen LogP contribution in [0.25, 0.3) is 0 Å². The summed E-state index contributed by atoms with van der Waals surface area (Å²) in [6.07, 6.45) is 0.694. The van der Waals surface area contributed by atoms with E-state index >= 15 is 0 Å². The predicted molar refractivity (Wildman–Crippen MR) is 90.8 cm³/mol. The van der Waals surface area contributed by atoms with Gasteiger partial charge in [-0.05, 0) is 25.1 Å². The first-order valence-corrected chi connectivity index (χ1v) is 7.93. The molecule has 1 atom stereocenters. The fourth-order valence-electron chi connectivity index (χ4n) is 2.80. The number of ether oxygens (including phenoxy) is 2. The predicted octanol–water partition coefficient (Wildman–Crippen LogP) is 2.92. The SMILES string of the molecule is Cc1cc(OCC(=O)N[C@H]2CCOc3ccccc32)ccc1[N+](=O)[O-]. The Morgan fingerprint density at radius 2 is 2.16 bits per heavy atom. The van der Waals surface area contributed by atoms with E-state index < -0.39 is 4.92 Å². The van der Waals surface area contributed by atoms with Crippen molar-refractivity contribution >= 4 is 11.6 Å². The van der Waals surface area contributed by atoms with Gasteiger partial charge >= 0.3 is 0 Å². The molecule has 2 aromatic rings. The molecule has 1 amide bonds. The fourth-order valence-corrected chi connectivity index (χ4v) is 2.80. The Hall–Kier alpha value is -3.09. The molecular weight excluding hydrogens is 324 g/mol. The van der Waals surface area contributed by atoms with Crippen LogP contribution >= 0.6 is 0 Å². The van der Waals surface area contributed by atoms with Gasteiger partial charge in [-0.15, -0.1) is 0 Å². The normalized spacial score (nSPS) is 15.6. The molecule has 2 aromatic carbocycles. The number of benzene rings is 2. The van der Waals surface area contributed by atoms with Crippen LogP contribution in [0.3, 0.4) is 0 Å². The highest BCUT2D eigenvalue weighted by Crippen LogP contribution is 2.31. The number of hydrogen-bond donors (Lipinski definition) is 1. The average Bonchev–Trinajstić information content (AvgIpc) is 2.60. The Morgan fingerprint density at radius 1 is 1.36 bits per heavy atom. The summed E-state index contributed by atoms with van der Waals surface area (Å²) in [5.74, 6) is 0.953. The van der Waals surface area contributed by atoms with E-state index in [0.717, 1.165) is 11.3 Å². The van der Waals surface area contributed by atoms with Gasteiger partial charge in [0, 0.05) is 23.6 Å². The van der Waals surface area contributed by atoms with Crippen LogP contribution in [-0.2, 0) is 4.79 Å². The third-order valence-electron chi connectivity index (χ3n) is 4.03.